The highest BCUT2D eigenvalue weighted by atomic mass is 35.5. The highest BCUT2D eigenvalue weighted by Crippen LogP contribution is 2.23. The predicted molar refractivity (Wildman–Crippen MR) is 73.9 cm³/mol. The first-order valence-electron chi connectivity index (χ1n) is 5.82. The maximum absolute atomic E-state index is 12.5. The summed E-state index contributed by atoms with van der Waals surface area (Å²) in [5, 5.41) is 4.18. The Labute approximate surface area is 122 Å². The maximum Gasteiger partial charge on any atom is 0.243 e. The van der Waals surface area contributed by atoms with Crippen LogP contribution in [0.15, 0.2) is 27.6 Å². The van der Waals surface area contributed by atoms with E-state index in [-0.39, 0.29) is 11.4 Å². The van der Waals surface area contributed by atoms with Crippen molar-refractivity contribution in [2.24, 2.45) is 0 Å². The zero-order valence-corrected chi connectivity index (χ0v) is 12.9. The minimum absolute atomic E-state index is 0.0434. The van der Waals surface area contributed by atoms with E-state index in [1.165, 1.54) is 17.4 Å². The molecule has 0 unspecified atom stereocenters. The van der Waals surface area contributed by atoms with Gasteiger partial charge in [-0.1, -0.05) is 16.8 Å². The fourth-order valence-corrected chi connectivity index (χ4v) is 3.31. The lowest BCUT2D eigenvalue weighted by Gasteiger charge is -2.16. The minimum atomic E-state index is -3.62. The van der Waals surface area contributed by atoms with Crippen LogP contribution in [0.1, 0.15) is 17.3 Å². The van der Waals surface area contributed by atoms with Crippen molar-refractivity contribution in [1.82, 2.24) is 14.4 Å². The van der Waals surface area contributed by atoms with Crippen LogP contribution in [0.5, 0.6) is 0 Å². The number of nitrogens with zero attached hydrogens (tertiary/aromatic N) is 3. The van der Waals surface area contributed by atoms with Crippen LogP contribution in [0.3, 0.4) is 0 Å². The fourth-order valence-electron chi connectivity index (χ4n) is 1.76. The zero-order chi connectivity index (χ0) is 14.9. The first-order chi connectivity index (χ1) is 9.30. The molecule has 0 bridgehead atoms. The molecule has 1 heterocycles. The summed E-state index contributed by atoms with van der Waals surface area (Å²) in [6.07, 6.45) is 0. The summed E-state index contributed by atoms with van der Waals surface area (Å²) < 4.78 is 30.9. The molecule has 0 aliphatic carbocycles. The highest BCUT2D eigenvalue weighted by molar-refractivity contribution is 7.89. The predicted octanol–water partition coefficient (Wildman–Crippen LogP) is 2.16. The second-order valence-corrected chi connectivity index (χ2v) is 6.85. The van der Waals surface area contributed by atoms with Crippen LogP contribution in [0.25, 0.3) is 0 Å². The van der Waals surface area contributed by atoms with E-state index in [1.54, 1.807) is 26.0 Å². The number of sulfonamides is 1. The summed E-state index contributed by atoms with van der Waals surface area (Å²) in [6.45, 7) is 3.39. The topological polar surface area (TPSA) is 76.3 Å². The van der Waals surface area contributed by atoms with Crippen LogP contribution in [0.2, 0.25) is 5.02 Å². The summed E-state index contributed by atoms with van der Waals surface area (Å²) in [5.74, 6) is 0.716. The third kappa shape index (κ3) is 3.00. The van der Waals surface area contributed by atoms with Gasteiger partial charge in [0, 0.05) is 19.0 Å². The molecule has 0 saturated carbocycles. The van der Waals surface area contributed by atoms with Crippen LogP contribution in [0.4, 0.5) is 0 Å². The summed E-state index contributed by atoms with van der Waals surface area (Å²) in [7, 11) is -2.15. The first kappa shape index (κ1) is 15.0. The maximum atomic E-state index is 12.5. The van der Waals surface area contributed by atoms with Crippen molar-refractivity contribution in [2.45, 2.75) is 25.3 Å². The molecule has 0 amide bonds. The molecular formula is C12H14ClN3O3S. The lowest BCUT2D eigenvalue weighted by molar-refractivity contribution is 0.377. The first-order valence-corrected chi connectivity index (χ1v) is 7.64. The molecule has 1 aromatic heterocycles. The van der Waals surface area contributed by atoms with Gasteiger partial charge in [0.2, 0.25) is 15.9 Å². The van der Waals surface area contributed by atoms with Crippen molar-refractivity contribution in [3.8, 4) is 0 Å². The van der Waals surface area contributed by atoms with Gasteiger partial charge in [-0.05, 0) is 30.7 Å². The molecule has 2 rings (SSSR count). The van der Waals surface area contributed by atoms with Gasteiger partial charge in [-0.3, -0.25) is 0 Å². The minimum Gasteiger partial charge on any atom is -0.340 e. The molecular weight excluding hydrogens is 302 g/mol. The Morgan fingerprint density at radius 2 is 2.05 bits per heavy atom. The molecule has 8 heteroatoms. The molecule has 0 fully saturated rings. The number of aromatic nitrogens is 2. The molecule has 0 radical (unpaired) electrons. The number of aryl methyl sites for hydroxylation is 2. The highest BCUT2D eigenvalue weighted by Gasteiger charge is 2.24. The Hall–Kier alpha value is -1.44. The molecule has 0 atom stereocenters. The summed E-state index contributed by atoms with van der Waals surface area (Å²) in [4.78, 5) is 4.20. The number of rotatable bonds is 4. The number of benzene rings is 1. The van der Waals surface area contributed by atoms with Crippen molar-refractivity contribution in [3.63, 3.8) is 0 Å². The fraction of sp³-hybridized carbons (Fsp3) is 0.333. The van der Waals surface area contributed by atoms with Gasteiger partial charge in [-0.25, -0.2) is 8.42 Å². The molecule has 0 aliphatic rings. The van der Waals surface area contributed by atoms with E-state index in [0.717, 1.165) is 0 Å². The van der Waals surface area contributed by atoms with Crippen molar-refractivity contribution in [2.75, 3.05) is 7.05 Å². The Bertz CT molecular complexity index is 727. The Morgan fingerprint density at radius 3 is 2.60 bits per heavy atom. The lowest BCUT2D eigenvalue weighted by Crippen LogP contribution is -2.27. The van der Waals surface area contributed by atoms with E-state index in [1.807, 2.05) is 0 Å². The van der Waals surface area contributed by atoms with Gasteiger partial charge >= 0.3 is 0 Å². The zero-order valence-electron chi connectivity index (χ0n) is 11.3. The van der Waals surface area contributed by atoms with Gasteiger partial charge in [-0.15, -0.1) is 0 Å². The van der Waals surface area contributed by atoms with Crippen molar-refractivity contribution >= 4 is 21.6 Å². The summed E-state index contributed by atoms with van der Waals surface area (Å²) in [6, 6.07) is 4.65. The molecule has 1 aromatic carbocycles. The average Bonchev–Trinajstić information content (AvgIpc) is 2.74. The molecule has 2 aromatic rings. The van der Waals surface area contributed by atoms with Crippen LogP contribution in [0, 0.1) is 13.8 Å². The van der Waals surface area contributed by atoms with E-state index < -0.39 is 10.0 Å². The van der Waals surface area contributed by atoms with E-state index in [4.69, 9.17) is 16.1 Å². The van der Waals surface area contributed by atoms with Crippen LogP contribution < -0.4 is 0 Å². The van der Waals surface area contributed by atoms with Gasteiger partial charge < -0.3 is 4.52 Å². The van der Waals surface area contributed by atoms with Crippen LogP contribution in [-0.4, -0.2) is 29.9 Å². The molecule has 6 nitrogen and oxygen atoms in total. The van der Waals surface area contributed by atoms with Gasteiger partial charge in [0.05, 0.1) is 11.4 Å². The number of halogens is 1. The smallest absolute Gasteiger partial charge is 0.243 e. The van der Waals surface area contributed by atoms with Gasteiger partial charge in [-0.2, -0.15) is 9.29 Å². The average molecular weight is 316 g/mol. The van der Waals surface area contributed by atoms with Gasteiger partial charge in [0.1, 0.15) is 0 Å². The largest absolute Gasteiger partial charge is 0.340 e. The number of hydrogen-bond acceptors (Lipinski definition) is 5. The van der Waals surface area contributed by atoms with Crippen molar-refractivity contribution in [3.05, 3.63) is 40.5 Å². The normalized spacial score (nSPS) is 12.1. The van der Waals surface area contributed by atoms with Crippen molar-refractivity contribution < 1.29 is 12.9 Å². The standard InChI is InChI=1S/C12H14ClN3O3S/c1-8-6-10(13)4-5-11(8)20(17,18)16(3)7-12-14-9(2)19-15-12/h4-6H,7H2,1-3H3. The van der Waals surface area contributed by atoms with E-state index in [0.29, 0.717) is 22.3 Å². The van der Waals surface area contributed by atoms with Crippen molar-refractivity contribution in [1.29, 1.82) is 0 Å². The van der Waals surface area contributed by atoms with Gasteiger partial charge in [0.25, 0.3) is 0 Å². The van der Waals surface area contributed by atoms with Gasteiger partial charge in [0.15, 0.2) is 5.82 Å². The molecule has 0 saturated heterocycles. The molecule has 0 aliphatic heterocycles. The van der Waals surface area contributed by atoms with E-state index in [9.17, 15) is 8.42 Å². The third-order valence-corrected chi connectivity index (χ3v) is 4.96. The second-order valence-electron chi connectivity index (χ2n) is 4.40. The Morgan fingerprint density at radius 1 is 1.35 bits per heavy atom. The monoisotopic (exact) mass is 315 g/mol. The summed E-state index contributed by atoms with van der Waals surface area (Å²) >= 11 is 5.84. The van der Waals surface area contributed by atoms with Crippen LogP contribution >= 0.6 is 11.6 Å². The molecule has 108 valence electrons. The lowest BCUT2D eigenvalue weighted by atomic mass is 10.2. The summed E-state index contributed by atoms with van der Waals surface area (Å²) in [5.41, 5.74) is 0.591. The Balaban J connectivity index is 2.29. The molecule has 0 N–H and O–H groups in total. The van der Waals surface area contributed by atoms with E-state index >= 15 is 0 Å². The Kier molecular flexibility index (Phi) is 4.12. The van der Waals surface area contributed by atoms with Crippen LogP contribution in [-0.2, 0) is 16.6 Å². The molecule has 20 heavy (non-hydrogen) atoms. The quantitative estimate of drug-likeness (QED) is 0.864. The third-order valence-electron chi connectivity index (χ3n) is 2.76. The second kappa shape index (κ2) is 5.51. The molecule has 0 spiro atoms. The van der Waals surface area contributed by atoms with E-state index in [2.05, 4.69) is 10.1 Å². The SMILES string of the molecule is Cc1nc(CN(C)S(=O)(=O)c2ccc(Cl)cc2C)no1. The number of hydrogen-bond donors (Lipinski definition) is 0.